The molecule has 0 aliphatic rings. The highest BCUT2D eigenvalue weighted by atomic mass is 16.5. The van der Waals surface area contributed by atoms with Crippen LogP contribution in [0.25, 0.3) is 11.4 Å². The monoisotopic (exact) mass is 205 g/mol. The van der Waals surface area contributed by atoms with Gasteiger partial charge in [0, 0.05) is 12.8 Å². The van der Waals surface area contributed by atoms with E-state index in [1.54, 1.807) is 19.2 Å². The van der Waals surface area contributed by atoms with Crippen LogP contribution >= 0.6 is 0 Å². The molecule has 0 bridgehead atoms. The van der Waals surface area contributed by atoms with Crippen LogP contribution in [0.3, 0.4) is 0 Å². The summed E-state index contributed by atoms with van der Waals surface area (Å²) < 4.78 is 10.0. The summed E-state index contributed by atoms with van der Waals surface area (Å²) in [5.74, 6) is 1.79. The minimum atomic E-state index is 0.0707. The molecule has 0 aliphatic carbocycles. The Balaban J connectivity index is 2.45. The summed E-state index contributed by atoms with van der Waals surface area (Å²) in [5, 5.41) is 7.55. The van der Waals surface area contributed by atoms with E-state index in [-0.39, 0.29) is 5.92 Å². The third-order valence-corrected chi connectivity index (χ3v) is 2.13. The standard InChI is InChI=1S/C10H11N3O2/c1-4-6(2)9-8(5-11-15-9)10-12-7(3)14-13-10/h4-6H,1H2,2-3H3. The van der Waals surface area contributed by atoms with Crippen molar-refractivity contribution in [1.82, 2.24) is 15.3 Å². The number of aromatic nitrogens is 3. The van der Waals surface area contributed by atoms with Crippen LogP contribution in [-0.2, 0) is 0 Å². The minimum absolute atomic E-state index is 0.0707. The van der Waals surface area contributed by atoms with Crippen LogP contribution in [0.5, 0.6) is 0 Å². The van der Waals surface area contributed by atoms with Crippen molar-refractivity contribution in [2.75, 3.05) is 0 Å². The lowest BCUT2D eigenvalue weighted by Gasteiger charge is -2.00. The lowest BCUT2D eigenvalue weighted by Crippen LogP contribution is -1.90. The predicted octanol–water partition coefficient (Wildman–Crippen LogP) is 2.32. The Morgan fingerprint density at radius 2 is 2.27 bits per heavy atom. The van der Waals surface area contributed by atoms with Crippen LogP contribution in [0.4, 0.5) is 0 Å². The molecule has 0 spiro atoms. The molecule has 0 N–H and O–H groups in total. The van der Waals surface area contributed by atoms with Gasteiger partial charge in [-0.25, -0.2) is 0 Å². The van der Waals surface area contributed by atoms with E-state index >= 15 is 0 Å². The van der Waals surface area contributed by atoms with Crippen molar-refractivity contribution in [3.05, 3.63) is 30.5 Å². The highest BCUT2D eigenvalue weighted by molar-refractivity contribution is 5.56. The maximum absolute atomic E-state index is 5.14. The predicted molar refractivity (Wildman–Crippen MR) is 53.1 cm³/mol. The lowest BCUT2D eigenvalue weighted by atomic mass is 10.1. The van der Waals surface area contributed by atoms with E-state index in [1.807, 2.05) is 6.92 Å². The van der Waals surface area contributed by atoms with E-state index in [4.69, 9.17) is 9.05 Å². The zero-order valence-electron chi connectivity index (χ0n) is 8.60. The number of nitrogens with zero attached hydrogens (tertiary/aromatic N) is 3. The Bertz CT molecular complexity index is 472. The molecule has 2 aromatic rings. The van der Waals surface area contributed by atoms with Crippen molar-refractivity contribution in [2.45, 2.75) is 19.8 Å². The molecule has 1 unspecified atom stereocenters. The minimum Gasteiger partial charge on any atom is -0.360 e. The first-order valence-corrected chi connectivity index (χ1v) is 4.60. The summed E-state index contributed by atoms with van der Waals surface area (Å²) in [4.78, 5) is 4.12. The molecule has 2 aromatic heterocycles. The topological polar surface area (TPSA) is 65.0 Å². The SMILES string of the molecule is C=CC(C)c1oncc1-c1noc(C)n1. The fourth-order valence-corrected chi connectivity index (χ4v) is 1.26. The van der Waals surface area contributed by atoms with Gasteiger partial charge in [0.2, 0.25) is 11.7 Å². The Labute approximate surface area is 86.8 Å². The van der Waals surface area contributed by atoms with E-state index in [9.17, 15) is 0 Å². The molecule has 2 heterocycles. The second-order valence-electron chi connectivity index (χ2n) is 3.27. The maximum atomic E-state index is 5.14. The number of allylic oxidation sites excluding steroid dienone is 1. The molecule has 0 fully saturated rings. The van der Waals surface area contributed by atoms with Crippen molar-refractivity contribution < 1.29 is 9.05 Å². The molecule has 0 aromatic carbocycles. The van der Waals surface area contributed by atoms with Crippen molar-refractivity contribution in [3.63, 3.8) is 0 Å². The van der Waals surface area contributed by atoms with Crippen molar-refractivity contribution in [2.24, 2.45) is 0 Å². The summed E-state index contributed by atoms with van der Waals surface area (Å²) in [7, 11) is 0. The molecule has 78 valence electrons. The van der Waals surface area contributed by atoms with Crippen molar-refractivity contribution in [3.8, 4) is 11.4 Å². The largest absolute Gasteiger partial charge is 0.360 e. The Morgan fingerprint density at radius 1 is 1.47 bits per heavy atom. The summed E-state index contributed by atoms with van der Waals surface area (Å²) >= 11 is 0. The van der Waals surface area contributed by atoms with Gasteiger partial charge in [-0.3, -0.25) is 0 Å². The van der Waals surface area contributed by atoms with Gasteiger partial charge in [0.25, 0.3) is 0 Å². The Hall–Kier alpha value is -1.91. The van der Waals surface area contributed by atoms with Gasteiger partial charge in [0.15, 0.2) is 5.76 Å². The molecule has 0 aliphatic heterocycles. The molecule has 0 radical (unpaired) electrons. The molecule has 5 nitrogen and oxygen atoms in total. The zero-order valence-corrected chi connectivity index (χ0v) is 8.60. The quantitative estimate of drug-likeness (QED) is 0.719. The van der Waals surface area contributed by atoms with Gasteiger partial charge < -0.3 is 9.05 Å². The van der Waals surface area contributed by atoms with Crippen LogP contribution in [0.15, 0.2) is 27.9 Å². The smallest absolute Gasteiger partial charge is 0.223 e. The van der Waals surface area contributed by atoms with Crippen molar-refractivity contribution >= 4 is 0 Å². The summed E-state index contributed by atoms with van der Waals surface area (Å²) in [6, 6.07) is 0. The van der Waals surface area contributed by atoms with Crippen LogP contribution in [0.1, 0.15) is 24.5 Å². The highest BCUT2D eigenvalue weighted by Crippen LogP contribution is 2.27. The molecular weight excluding hydrogens is 194 g/mol. The third-order valence-electron chi connectivity index (χ3n) is 2.13. The van der Waals surface area contributed by atoms with Crippen LogP contribution in [0.2, 0.25) is 0 Å². The first-order valence-electron chi connectivity index (χ1n) is 4.60. The Kier molecular flexibility index (Phi) is 2.37. The van der Waals surface area contributed by atoms with Gasteiger partial charge in [-0.1, -0.05) is 23.3 Å². The van der Waals surface area contributed by atoms with Gasteiger partial charge >= 0.3 is 0 Å². The van der Waals surface area contributed by atoms with Gasteiger partial charge in [0.1, 0.15) is 0 Å². The summed E-state index contributed by atoms with van der Waals surface area (Å²) in [6.45, 7) is 7.40. The molecule has 0 saturated carbocycles. The summed E-state index contributed by atoms with van der Waals surface area (Å²) in [6.07, 6.45) is 3.36. The van der Waals surface area contributed by atoms with Crippen LogP contribution < -0.4 is 0 Å². The second-order valence-corrected chi connectivity index (χ2v) is 3.27. The number of hydrogen-bond acceptors (Lipinski definition) is 5. The number of hydrogen-bond donors (Lipinski definition) is 0. The van der Waals surface area contributed by atoms with E-state index in [0.717, 1.165) is 5.56 Å². The van der Waals surface area contributed by atoms with Gasteiger partial charge in [-0.05, 0) is 0 Å². The molecule has 5 heteroatoms. The molecule has 2 rings (SSSR count). The normalized spacial score (nSPS) is 12.7. The third kappa shape index (κ3) is 1.68. The van der Waals surface area contributed by atoms with Crippen LogP contribution in [-0.4, -0.2) is 15.3 Å². The van der Waals surface area contributed by atoms with Gasteiger partial charge in [-0.2, -0.15) is 4.98 Å². The first kappa shape index (κ1) is 9.64. The number of rotatable bonds is 3. The summed E-state index contributed by atoms with van der Waals surface area (Å²) in [5.41, 5.74) is 0.749. The second kappa shape index (κ2) is 3.68. The van der Waals surface area contributed by atoms with E-state index in [2.05, 4.69) is 21.9 Å². The molecule has 0 amide bonds. The van der Waals surface area contributed by atoms with E-state index < -0.39 is 0 Å². The van der Waals surface area contributed by atoms with Crippen molar-refractivity contribution in [1.29, 1.82) is 0 Å². The maximum Gasteiger partial charge on any atom is 0.223 e. The van der Waals surface area contributed by atoms with E-state index in [0.29, 0.717) is 17.5 Å². The Morgan fingerprint density at radius 3 is 2.87 bits per heavy atom. The fourth-order valence-electron chi connectivity index (χ4n) is 1.26. The molecule has 1 atom stereocenters. The van der Waals surface area contributed by atoms with Gasteiger partial charge in [0.05, 0.1) is 11.8 Å². The highest BCUT2D eigenvalue weighted by Gasteiger charge is 2.18. The number of aryl methyl sites for hydroxylation is 1. The first-order chi connectivity index (χ1) is 7.22. The average Bonchev–Trinajstić information content (AvgIpc) is 2.84. The van der Waals surface area contributed by atoms with Crippen LogP contribution in [0, 0.1) is 6.92 Å². The van der Waals surface area contributed by atoms with Gasteiger partial charge in [-0.15, -0.1) is 6.58 Å². The van der Waals surface area contributed by atoms with E-state index in [1.165, 1.54) is 0 Å². The molecular formula is C10H11N3O2. The molecule has 15 heavy (non-hydrogen) atoms. The average molecular weight is 205 g/mol. The lowest BCUT2D eigenvalue weighted by molar-refractivity contribution is 0.377. The molecule has 0 saturated heterocycles. The fraction of sp³-hybridized carbons (Fsp3) is 0.300. The zero-order chi connectivity index (χ0) is 10.8.